The quantitative estimate of drug-likeness (QED) is 0.652. The summed E-state index contributed by atoms with van der Waals surface area (Å²) in [7, 11) is 0. The maximum atomic E-state index is 6.23. The molecule has 2 rings (SSSR count). The summed E-state index contributed by atoms with van der Waals surface area (Å²) in [6, 6.07) is 16.6. The average Bonchev–Trinajstić information content (AvgIpc) is 2.61. The van der Waals surface area contributed by atoms with Crippen LogP contribution in [0.5, 0.6) is 0 Å². The zero-order chi connectivity index (χ0) is 17.4. The largest absolute Gasteiger partial charge is 0.398 e. The van der Waals surface area contributed by atoms with Crippen molar-refractivity contribution >= 4 is 11.6 Å². The van der Waals surface area contributed by atoms with Crippen LogP contribution < -0.4 is 5.73 Å². The molecule has 2 N–H and O–H groups in total. The third kappa shape index (κ3) is 3.82. The Morgan fingerprint density at radius 1 is 0.958 bits per heavy atom. The molecule has 1 heteroatoms. The molecule has 2 aromatic carbocycles. The number of rotatable bonds is 6. The molecular weight excluding hydrogens is 290 g/mol. The van der Waals surface area contributed by atoms with Crippen molar-refractivity contribution in [1.82, 2.24) is 0 Å². The van der Waals surface area contributed by atoms with E-state index >= 15 is 0 Å². The van der Waals surface area contributed by atoms with Gasteiger partial charge >= 0.3 is 0 Å². The minimum Gasteiger partial charge on any atom is -0.398 e. The van der Waals surface area contributed by atoms with Gasteiger partial charge in [0.05, 0.1) is 0 Å². The van der Waals surface area contributed by atoms with Gasteiger partial charge in [-0.2, -0.15) is 0 Å². The first kappa shape index (κ1) is 17.3. The number of benzene rings is 2. The molecule has 0 bridgehead atoms. The van der Waals surface area contributed by atoms with E-state index in [0.29, 0.717) is 5.70 Å². The monoisotopic (exact) mass is 313 g/mol. The van der Waals surface area contributed by atoms with Crippen molar-refractivity contribution in [3.8, 4) is 11.1 Å². The topological polar surface area (TPSA) is 26.0 Å². The second-order valence-electron chi connectivity index (χ2n) is 5.30. The maximum absolute atomic E-state index is 6.23. The Kier molecular flexibility index (Phi) is 6.16. The molecule has 0 heterocycles. The van der Waals surface area contributed by atoms with E-state index in [1.54, 1.807) is 6.08 Å². The smallest absolute Gasteiger partial charge is 0.0390 e. The van der Waals surface area contributed by atoms with Gasteiger partial charge in [0.1, 0.15) is 0 Å². The highest BCUT2D eigenvalue weighted by Gasteiger charge is 2.11. The van der Waals surface area contributed by atoms with Crippen LogP contribution in [-0.4, -0.2) is 0 Å². The van der Waals surface area contributed by atoms with E-state index in [2.05, 4.69) is 43.5 Å². The van der Waals surface area contributed by atoms with Crippen LogP contribution in [0, 0.1) is 0 Å². The summed E-state index contributed by atoms with van der Waals surface area (Å²) in [6.07, 6.45) is 11.4. The normalized spacial score (nSPS) is 12.4. The lowest BCUT2D eigenvalue weighted by atomic mass is 9.90. The van der Waals surface area contributed by atoms with Gasteiger partial charge in [-0.05, 0) is 35.3 Å². The molecule has 0 fully saturated rings. The number of hydrogen-bond donors (Lipinski definition) is 1. The van der Waals surface area contributed by atoms with Gasteiger partial charge in [-0.25, -0.2) is 0 Å². The van der Waals surface area contributed by atoms with Gasteiger partial charge in [-0.1, -0.05) is 92.1 Å². The van der Waals surface area contributed by atoms with Crippen molar-refractivity contribution in [2.24, 2.45) is 5.73 Å². The molecule has 0 radical (unpaired) electrons. The standard InChI is InChI=1S/C23H23N/c1-4-7-13-18-14-8-9-15-20(18)22-17-11-10-16-21(22)19(6-3)23(24)12-5-2/h4-17H,1,3,24H2,2H3/b12-5-,13-7-,23-19-. The molecule has 0 saturated heterocycles. The summed E-state index contributed by atoms with van der Waals surface area (Å²) >= 11 is 0. The predicted molar refractivity (Wildman–Crippen MR) is 107 cm³/mol. The summed E-state index contributed by atoms with van der Waals surface area (Å²) in [5, 5.41) is 0. The zero-order valence-electron chi connectivity index (χ0n) is 14.1. The lowest BCUT2D eigenvalue weighted by Gasteiger charge is -2.14. The Hall–Kier alpha value is -3.06. The van der Waals surface area contributed by atoms with Crippen molar-refractivity contribution in [1.29, 1.82) is 0 Å². The van der Waals surface area contributed by atoms with Gasteiger partial charge in [-0.3, -0.25) is 0 Å². The number of hydrogen-bond acceptors (Lipinski definition) is 1. The van der Waals surface area contributed by atoms with Crippen molar-refractivity contribution in [3.05, 3.63) is 109 Å². The summed E-state index contributed by atoms with van der Waals surface area (Å²) in [5.41, 5.74) is 12.4. The number of nitrogens with two attached hydrogens (primary N) is 1. The summed E-state index contributed by atoms with van der Waals surface area (Å²) < 4.78 is 0. The van der Waals surface area contributed by atoms with E-state index in [-0.39, 0.29) is 0 Å². The lowest BCUT2D eigenvalue weighted by Crippen LogP contribution is -1.99. The third-order valence-corrected chi connectivity index (χ3v) is 3.74. The molecule has 120 valence electrons. The Morgan fingerprint density at radius 2 is 1.62 bits per heavy atom. The van der Waals surface area contributed by atoms with E-state index in [4.69, 9.17) is 5.73 Å². The average molecular weight is 313 g/mol. The highest BCUT2D eigenvalue weighted by Crippen LogP contribution is 2.33. The molecule has 0 aliphatic carbocycles. The lowest BCUT2D eigenvalue weighted by molar-refractivity contribution is 1.41. The maximum Gasteiger partial charge on any atom is 0.0390 e. The molecule has 0 saturated carbocycles. The van der Waals surface area contributed by atoms with Gasteiger partial charge in [0, 0.05) is 11.3 Å². The Bertz CT molecular complexity index is 819. The van der Waals surface area contributed by atoms with Crippen molar-refractivity contribution in [2.75, 3.05) is 0 Å². The SMILES string of the molecule is C=C/C=C\c1ccccc1-c1ccccc1/C(C=C)=C(N)/C=C\C. The summed E-state index contributed by atoms with van der Waals surface area (Å²) in [6.45, 7) is 9.65. The highest BCUT2D eigenvalue weighted by atomic mass is 14.6. The molecule has 2 aromatic rings. The van der Waals surface area contributed by atoms with Gasteiger partial charge in [0.2, 0.25) is 0 Å². The van der Waals surface area contributed by atoms with Gasteiger partial charge in [0.25, 0.3) is 0 Å². The van der Waals surface area contributed by atoms with Crippen LogP contribution in [-0.2, 0) is 0 Å². The van der Waals surface area contributed by atoms with Crippen LogP contribution in [0.3, 0.4) is 0 Å². The van der Waals surface area contributed by atoms with Crippen LogP contribution in [0.4, 0.5) is 0 Å². The molecule has 0 atom stereocenters. The van der Waals surface area contributed by atoms with E-state index in [9.17, 15) is 0 Å². The minimum absolute atomic E-state index is 0.707. The fourth-order valence-electron chi connectivity index (χ4n) is 2.66. The molecule has 1 nitrogen and oxygen atoms in total. The van der Waals surface area contributed by atoms with Crippen LogP contribution >= 0.6 is 0 Å². The molecular formula is C23H23N. The molecule has 0 aliphatic heterocycles. The molecule has 0 spiro atoms. The van der Waals surface area contributed by atoms with Crippen molar-refractivity contribution < 1.29 is 0 Å². The summed E-state index contributed by atoms with van der Waals surface area (Å²) in [4.78, 5) is 0. The number of allylic oxidation sites excluding steroid dienone is 6. The zero-order valence-corrected chi connectivity index (χ0v) is 14.1. The third-order valence-electron chi connectivity index (χ3n) is 3.74. The Balaban J connectivity index is 2.71. The second-order valence-corrected chi connectivity index (χ2v) is 5.30. The fraction of sp³-hybridized carbons (Fsp3) is 0.0435. The molecule has 0 aliphatic rings. The first-order valence-electron chi connectivity index (χ1n) is 7.95. The second kappa shape index (κ2) is 8.54. The van der Waals surface area contributed by atoms with Crippen LogP contribution in [0.15, 0.2) is 97.8 Å². The first-order valence-corrected chi connectivity index (χ1v) is 7.95. The van der Waals surface area contributed by atoms with Gasteiger partial charge in [-0.15, -0.1) is 0 Å². The molecule has 0 amide bonds. The Morgan fingerprint density at radius 3 is 2.29 bits per heavy atom. The van der Waals surface area contributed by atoms with E-state index in [0.717, 1.165) is 27.8 Å². The van der Waals surface area contributed by atoms with Crippen LogP contribution in [0.25, 0.3) is 22.8 Å². The molecule has 24 heavy (non-hydrogen) atoms. The van der Waals surface area contributed by atoms with Gasteiger partial charge in [0.15, 0.2) is 0 Å². The van der Waals surface area contributed by atoms with E-state index < -0.39 is 0 Å². The van der Waals surface area contributed by atoms with Crippen LogP contribution in [0.2, 0.25) is 0 Å². The minimum atomic E-state index is 0.707. The first-order chi connectivity index (χ1) is 11.7. The van der Waals surface area contributed by atoms with Crippen molar-refractivity contribution in [2.45, 2.75) is 6.92 Å². The molecule has 0 aromatic heterocycles. The van der Waals surface area contributed by atoms with E-state index in [1.807, 2.05) is 55.5 Å². The highest BCUT2D eigenvalue weighted by molar-refractivity contribution is 5.89. The van der Waals surface area contributed by atoms with E-state index in [1.165, 1.54) is 0 Å². The predicted octanol–water partition coefficient (Wildman–Crippen LogP) is 5.98. The van der Waals surface area contributed by atoms with Crippen LogP contribution in [0.1, 0.15) is 18.1 Å². The molecule has 0 unspecified atom stereocenters. The van der Waals surface area contributed by atoms with Crippen molar-refractivity contribution in [3.63, 3.8) is 0 Å². The fourth-order valence-corrected chi connectivity index (χ4v) is 2.66. The Labute approximate surface area is 144 Å². The summed E-state index contributed by atoms with van der Waals surface area (Å²) in [5.74, 6) is 0. The van der Waals surface area contributed by atoms with Gasteiger partial charge < -0.3 is 5.73 Å².